The smallest absolute Gasteiger partial charge is 0.292 e. The summed E-state index contributed by atoms with van der Waals surface area (Å²) in [5.74, 6) is 0.0813. The van der Waals surface area contributed by atoms with Crippen LogP contribution in [0.5, 0.6) is 0 Å². The summed E-state index contributed by atoms with van der Waals surface area (Å²) in [7, 11) is 1.96. The van der Waals surface area contributed by atoms with E-state index in [0.29, 0.717) is 31.9 Å². The number of likely N-dealkylation sites (N-methyl/N-ethyl adjacent to an activating group) is 1. The van der Waals surface area contributed by atoms with Gasteiger partial charge in [-0.2, -0.15) is 0 Å². The highest BCUT2D eigenvalue weighted by atomic mass is 16.6. The standard InChI is InChI=1S/C21H26N4O3/c1-3-22(2)20(17-9-5-4-6-10-17)21(26)24-15-13-23(14-16-24)18-11-7-8-12-19(18)25(27)28/h4-12,20H,3,13-16H2,1-2H3. The molecule has 1 aliphatic rings. The number of para-hydroxylation sites is 2. The maximum atomic E-state index is 13.3. The topological polar surface area (TPSA) is 69.9 Å². The van der Waals surface area contributed by atoms with Crippen molar-refractivity contribution in [3.8, 4) is 0 Å². The molecule has 1 amide bonds. The molecule has 1 heterocycles. The number of nitro benzene ring substituents is 1. The first-order valence-electron chi connectivity index (χ1n) is 9.55. The zero-order valence-corrected chi connectivity index (χ0v) is 16.3. The van der Waals surface area contributed by atoms with Gasteiger partial charge in [0.05, 0.1) is 4.92 Å². The van der Waals surface area contributed by atoms with Crippen molar-refractivity contribution in [3.05, 3.63) is 70.3 Å². The number of nitrogens with zero attached hydrogens (tertiary/aromatic N) is 4. The Labute approximate surface area is 165 Å². The summed E-state index contributed by atoms with van der Waals surface area (Å²) in [6, 6.07) is 16.3. The molecule has 0 bridgehead atoms. The summed E-state index contributed by atoms with van der Waals surface area (Å²) < 4.78 is 0. The summed E-state index contributed by atoms with van der Waals surface area (Å²) >= 11 is 0. The minimum absolute atomic E-state index is 0.0813. The van der Waals surface area contributed by atoms with E-state index in [2.05, 4.69) is 0 Å². The van der Waals surface area contributed by atoms with Crippen LogP contribution in [0.15, 0.2) is 54.6 Å². The summed E-state index contributed by atoms with van der Waals surface area (Å²) in [6.07, 6.45) is 0. The average Bonchev–Trinajstić information content (AvgIpc) is 2.74. The Morgan fingerprint density at radius 3 is 2.29 bits per heavy atom. The predicted molar refractivity (Wildman–Crippen MR) is 109 cm³/mol. The van der Waals surface area contributed by atoms with Gasteiger partial charge >= 0.3 is 0 Å². The summed E-state index contributed by atoms with van der Waals surface area (Å²) in [4.78, 5) is 30.1. The van der Waals surface area contributed by atoms with E-state index in [0.717, 1.165) is 12.1 Å². The van der Waals surface area contributed by atoms with E-state index in [9.17, 15) is 14.9 Å². The molecule has 7 nitrogen and oxygen atoms in total. The molecule has 1 fully saturated rings. The molecule has 0 spiro atoms. The number of hydrogen-bond acceptors (Lipinski definition) is 5. The van der Waals surface area contributed by atoms with Crippen LogP contribution in [-0.2, 0) is 4.79 Å². The lowest BCUT2D eigenvalue weighted by Gasteiger charge is -2.39. The molecule has 0 saturated carbocycles. The van der Waals surface area contributed by atoms with E-state index in [-0.39, 0.29) is 22.6 Å². The van der Waals surface area contributed by atoms with Gasteiger partial charge in [-0.3, -0.25) is 19.8 Å². The van der Waals surface area contributed by atoms with Crippen molar-refractivity contribution in [3.63, 3.8) is 0 Å². The van der Waals surface area contributed by atoms with E-state index in [4.69, 9.17) is 0 Å². The van der Waals surface area contributed by atoms with Crippen molar-refractivity contribution in [2.75, 3.05) is 44.7 Å². The van der Waals surface area contributed by atoms with Crippen molar-refractivity contribution in [2.45, 2.75) is 13.0 Å². The van der Waals surface area contributed by atoms with Gasteiger partial charge in [-0.05, 0) is 25.2 Å². The average molecular weight is 382 g/mol. The highest BCUT2D eigenvalue weighted by molar-refractivity contribution is 5.83. The third-order valence-corrected chi connectivity index (χ3v) is 5.30. The van der Waals surface area contributed by atoms with Crippen LogP contribution < -0.4 is 4.90 Å². The van der Waals surface area contributed by atoms with Gasteiger partial charge in [0, 0.05) is 32.2 Å². The summed E-state index contributed by atoms with van der Waals surface area (Å²) in [6.45, 7) is 5.05. The Morgan fingerprint density at radius 2 is 1.68 bits per heavy atom. The van der Waals surface area contributed by atoms with Gasteiger partial charge < -0.3 is 9.80 Å². The van der Waals surface area contributed by atoms with Crippen LogP contribution in [0.2, 0.25) is 0 Å². The number of anilines is 1. The van der Waals surface area contributed by atoms with Crippen LogP contribution in [-0.4, -0.2) is 60.4 Å². The van der Waals surface area contributed by atoms with Gasteiger partial charge in [0.25, 0.3) is 5.69 Å². The van der Waals surface area contributed by atoms with E-state index in [1.165, 1.54) is 6.07 Å². The van der Waals surface area contributed by atoms with Gasteiger partial charge in [-0.1, -0.05) is 49.4 Å². The molecule has 28 heavy (non-hydrogen) atoms. The maximum absolute atomic E-state index is 13.3. The molecule has 1 saturated heterocycles. The van der Waals surface area contributed by atoms with Gasteiger partial charge in [-0.25, -0.2) is 0 Å². The SMILES string of the molecule is CCN(C)C(C(=O)N1CCN(c2ccccc2[N+](=O)[O-])CC1)c1ccccc1. The lowest BCUT2D eigenvalue weighted by Crippen LogP contribution is -2.52. The van der Waals surface area contributed by atoms with Gasteiger partial charge in [0.1, 0.15) is 11.7 Å². The Hall–Kier alpha value is -2.93. The van der Waals surface area contributed by atoms with Crippen molar-refractivity contribution >= 4 is 17.3 Å². The number of carbonyl (C=O) groups excluding carboxylic acids is 1. The fraction of sp³-hybridized carbons (Fsp3) is 0.381. The first-order valence-corrected chi connectivity index (χ1v) is 9.55. The maximum Gasteiger partial charge on any atom is 0.292 e. The Bertz CT molecular complexity index is 819. The van der Waals surface area contributed by atoms with Crippen molar-refractivity contribution < 1.29 is 9.72 Å². The fourth-order valence-corrected chi connectivity index (χ4v) is 3.63. The van der Waals surface area contributed by atoms with Crippen LogP contribution >= 0.6 is 0 Å². The molecule has 0 aliphatic carbocycles. The lowest BCUT2D eigenvalue weighted by atomic mass is 10.0. The number of nitro groups is 1. The molecule has 0 aromatic heterocycles. The first-order chi connectivity index (χ1) is 13.5. The van der Waals surface area contributed by atoms with E-state index >= 15 is 0 Å². The highest BCUT2D eigenvalue weighted by Crippen LogP contribution is 2.29. The molecular formula is C21H26N4O3. The molecule has 0 radical (unpaired) electrons. The van der Waals surface area contributed by atoms with Gasteiger partial charge in [0.15, 0.2) is 0 Å². The first kappa shape index (κ1) is 19.8. The van der Waals surface area contributed by atoms with Crippen LogP contribution in [0.25, 0.3) is 0 Å². The lowest BCUT2D eigenvalue weighted by molar-refractivity contribution is -0.384. The molecule has 7 heteroatoms. The summed E-state index contributed by atoms with van der Waals surface area (Å²) in [5, 5.41) is 11.3. The largest absolute Gasteiger partial charge is 0.362 e. The number of amides is 1. The molecule has 148 valence electrons. The number of piperazine rings is 1. The molecule has 3 rings (SSSR count). The van der Waals surface area contributed by atoms with Crippen LogP contribution in [0.3, 0.4) is 0 Å². The summed E-state index contributed by atoms with van der Waals surface area (Å²) in [5.41, 5.74) is 1.71. The van der Waals surface area contributed by atoms with E-state index in [1.54, 1.807) is 12.1 Å². The molecule has 1 unspecified atom stereocenters. The molecule has 1 atom stereocenters. The molecule has 0 N–H and O–H groups in total. The van der Waals surface area contributed by atoms with E-state index in [1.807, 2.05) is 65.1 Å². The van der Waals surface area contributed by atoms with Gasteiger partial charge in [0.2, 0.25) is 5.91 Å². The Balaban J connectivity index is 1.73. The number of benzene rings is 2. The number of hydrogen-bond donors (Lipinski definition) is 0. The number of carbonyl (C=O) groups is 1. The second kappa shape index (κ2) is 8.84. The van der Waals surface area contributed by atoms with Crippen LogP contribution in [0.4, 0.5) is 11.4 Å². The zero-order chi connectivity index (χ0) is 20.1. The van der Waals surface area contributed by atoms with Crippen molar-refractivity contribution in [2.24, 2.45) is 0 Å². The predicted octanol–water partition coefficient (Wildman–Crippen LogP) is 2.94. The van der Waals surface area contributed by atoms with Crippen LogP contribution in [0, 0.1) is 10.1 Å². The Morgan fingerprint density at radius 1 is 1.07 bits per heavy atom. The Kier molecular flexibility index (Phi) is 6.26. The zero-order valence-electron chi connectivity index (χ0n) is 16.3. The van der Waals surface area contributed by atoms with Crippen molar-refractivity contribution in [1.82, 2.24) is 9.80 Å². The molecule has 2 aromatic rings. The monoisotopic (exact) mass is 382 g/mol. The third-order valence-electron chi connectivity index (χ3n) is 5.30. The normalized spacial score (nSPS) is 15.5. The van der Waals surface area contributed by atoms with Crippen molar-refractivity contribution in [1.29, 1.82) is 0 Å². The van der Waals surface area contributed by atoms with Gasteiger partial charge in [-0.15, -0.1) is 0 Å². The second-order valence-electron chi connectivity index (χ2n) is 6.94. The highest BCUT2D eigenvalue weighted by Gasteiger charge is 2.31. The second-order valence-corrected chi connectivity index (χ2v) is 6.94. The quantitative estimate of drug-likeness (QED) is 0.567. The molecule has 2 aromatic carbocycles. The fourth-order valence-electron chi connectivity index (χ4n) is 3.63. The molecular weight excluding hydrogens is 356 g/mol. The number of rotatable bonds is 6. The van der Waals surface area contributed by atoms with Crippen LogP contribution in [0.1, 0.15) is 18.5 Å². The molecule has 1 aliphatic heterocycles. The minimum atomic E-state index is -0.353. The minimum Gasteiger partial charge on any atom is -0.362 e. The van der Waals surface area contributed by atoms with E-state index < -0.39 is 0 Å². The third kappa shape index (κ3) is 4.14.